The molecule has 0 bridgehead atoms. The van der Waals surface area contributed by atoms with Gasteiger partial charge in [-0.2, -0.15) is 12.6 Å². The maximum Gasteiger partial charge on any atom is 0.222 e. The van der Waals surface area contributed by atoms with Gasteiger partial charge in [0.25, 0.3) is 0 Å². The van der Waals surface area contributed by atoms with Crippen LogP contribution in [0, 0.1) is 5.92 Å². The number of carbonyl (C=O) groups is 1. The van der Waals surface area contributed by atoms with Gasteiger partial charge in [-0.3, -0.25) is 4.79 Å². The van der Waals surface area contributed by atoms with Crippen LogP contribution in [-0.4, -0.2) is 54.2 Å². The van der Waals surface area contributed by atoms with Crippen LogP contribution in [0.25, 0.3) is 0 Å². The summed E-state index contributed by atoms with van der Waals surface area (Å²) >= 11 is 4.25. The first-order valence-corrected chi connectivity index (χ1v) is 6.26. The molecule has 1 heterocycles. The van der Waals surface area contributed by atoms with Crippen LogP contribution in [-0.2, 0) is 4.79 Å². The molecule has 0 aliphatic carbocycles. The van der Waals surface area contributed by atoms with Crippen molar-refractivity contribution in [1.29, 1.82) is 0 Å². The van der Waals surface area contributed by atoms with Gasteiger partial charge in [-0.05, 0) is 32.6 Å². The van der Waals surface area contributed by atoms with Crippen molar-refractivity contribution in [2.75, 3.05) is 32.4 Å². The Morgan fingerprint density at radius 2 is 2.27 bits per heavy atom. The minimum absolute atomic E-state index is 0.297. The van der Waals surface area contributed by atoms with E-state index in [1.54, 1.807) is 0 Å². The molecule has 0 aromatic carbocycles. The molecule has 1 aliphatic rings. The van der Waals surface area contributed by atoms with E-state index in [0.29, 0.717) is 24.3 Å². The van der Waals surface area contributed by atoms with Crippen LogP contribution >= 0.6 is 12.6 Å². The number of amides is 1. The molecule has 1 saturated heterocycles. The average Bonchev–Trinajstić information content (AvgIpc) is 2.55. The molecule has 0 radical (unpaired) electrons. The molecule has 4 heteroatoms. The van der Waals surface area contributed by atoms with Gasteiger partial charge in [-0.15, -0.1) is 0 Å². The summed E-state index contributed by atoms with van der Waals surface area (Å²) in [5, 5.41) is 0. The second-order valence-electron chi connectivity index (χ2n) is 4.67. The molecule has 1 aliphatic heterocycles. The predicted octanol–water partition coefficient (Wildman–Crippen LogP) is 1.10. The standard InChI is InChI=1S/C11H22N2OS/c1-9(2)12(3)4-5-13-7-10(8-15)6-11(13)14/h9-10,15H,4-8H2,1-3H3. The molecule has 0 N–H and O–H groups in total. The van der Waals surface area contributed by atoms with E-state index in [1.807, 2.05) is 4.90 Å². The van der Waals surface area contributed by atoms with Crippen molar-refractivity contribution in [3.8, 4) is 0 Å². The van der Waals surface area contributed by atoms with Gasteiger partial charge < -0.3 is 9.80 Å². The first-order chi connectivity index (χ1) is 7.04. The quantitative estimate of drug-likeness (QED) is 0.715. The zero-order valence-electron chi connectivity index (χ0n) is 9.94. The number of hydrogen-bond acceptors (Lipinski definition) is 3. The minimum atomic E-state index is 0.297. The highest BCUT2D eigenvalue weighted by Gasteiger charge is 2.28. The Bertz CT molecular complexity index is 221. The maximum absolute atomic E-state index is 11.6. The lowest BCUT2D eigenvalue weighted by molar-refractivity contribution is -0.127. The molecule has 1 unspecified atom stereocenters. The molecule has 1 amide bonds. The van der Waals surface area contributed by atoms with Gasteiger partial charge in [0.05, 0.1) is 0 Å². The summed E-state index contributed by atoms with van der Waals surface area (Å²) in [6.45, 7) is 7.05. The highest BCUT2D eigenvalue weighted by molar-refractivity contribution is 7.80. The Kier molecular flexibility index (Phi) is 4.93. The number of nitrogens with zero attached hydrogens (tertiary/aromatic N) is 2. The topological polar surface area (TPSA) is 23.6 Å². The van der Waals surface area contributed by atoms with Crippen LogP contribution in [0.5, 0.6) is 0 Å². The number of hydrogen-bond donors (Lipinski definition) is 1. The first-order valence-electron chi connectivity index (χ1n) is 5.63. The van der Waals surface area contributed by atoms with Crippen molar-refractivity contribution < 1.29 is 4.79 Å². The average molecular weight is 230 g/mol. The molecular formula is C11H22N2OS. The summed E-state index contributed by atoms with van der Waals surface area (Å²) in [5.74, 6) is 1.58. The third-order valence-corrected chi connectivity index (χ3v) is 3.67. The third kappa shape index (κ3) is 3.68. The van der Waals surface area contributed by atoms with Gasteiger partial charge in [-0.25, -0.2) is 0 Å². The van der Waals surface area contributed by atoms with E-state index in [9.17, 15) is 4.79 Å². The maximum atomic E-state index is 11.6. The van der Waals surface area contributed by atoms with E-state index in [4.69, 9.17) is 0 Å². The summed E-state index contributed by atoms with van der Waals surface area (Å²) in [6, 6.07) is 0.545. The highest BCUT2D eigenvalue weighted by Crippen LogP contribution is 2.18. The van der Waals surface area contributed by atoms with Gasteiger partial charge in [0, 0.05) is 32.1 Å². The lowest BCUT2D eigenvalue weighted by Gasteiger charge is -2.24. The third-order valence-electron chi connectivity index (χ3n) is 3.16. The second-order valence-corrected chi connectivity index (χ2v) is 5.03. The first kappa shape index (κ1) is 12.8. The fourth-order valence-corrected chi connectivity index (χ4v) is 1.97. The molecule has 3 nitrogen and oxygen atoms in total. The second kappa shape index (κ2) is 5.75. The Morgan fingerprint density at radius 1 is 1.60 bits per heavy atom. The van der Waals surface area contributed by atoms with Crippen LogP contribution in [0.1, 0.15) is 20.3 Å². The van der Waals surface area contributed by atoms with Crippen LogP contribution in [0.4, 0.5) is 0 Å². The molecule has 15 heavy (non-hydrogen) atoms. The van der Waals surface area contributed by atoms with Crippen LogP contribution in [0.15, 0.2) is 0 Å². The van der Waals surface area contributed by atoms with Crippen LogP contribution < -0.4 is 0 Å². The normalized spacial score (nSPS) is 22.1. The van der Waals surface area contributed by atoms with E-state index in [1.165, 1.54) is 0 Å². The summed E-state index contributed by atoms with van der Waals surface area (Å²) in [7, 11) is 2.10. The Balaban J connectivity index is 2.30. The van der Waals surface area contributed by atoms with E-state index < -0.39 is 0 Å². The Morgan fingerprint density at radius 3 is 2.73 bits per heavy atom. The summed E-state index contributed by atoms with van der Waals surface area (Å²) < 4.78 is 0. The van der Waals surface area contributed by atoms with Gasteiger partial charge in [0.2, 0.25) is 5.91 Å². The number of rotatable bonds is 5. The summed E-state index contributed by atoms with van der Waals surface area (Å²) in [6.07, 6.45) is 0.689. The Labute approximate surface area is 98.2 Å². The fraction of sp³-hybridized carbons (Fsp3) is 0.909. The molecule has 0 aromatic heterocycles. The summed E-state index contributed by atoms with van der Waals surface area (Å²) in [4.78, 5) is 15.8. The smallest absolute Gasteiger partial charge is 0.222 e. The van der Waals surface area contributed by atoms with Crippen molar-refractivity contribution in [3.05, 3.63) is 0 Å². The van der Waals surface area contributed by atoms with E-state index >= 15 is 0 Å². The highest BCUT2D eigenvalue weighted by atomic mass is 32.1. The van der Waals surface area contributed by atoms with Gasteiger partial charge >= 0.3 is 0 Å². The fourth-order valence-electron chi connectivity index (χ4n) is 1.73. The molecule has 88 valence electrons. The van der Waals surface area contributed by atoms with Crippen LogP contribution in [0.2, 0.25) is 0 Å². The van der Waals surface area contributed by atoms with Crippen LogP contribution in [0.3, 0.4) is 0 Å². The van der Waals surface area contributed by atoms with E-state index in [-0.39, 0.29) is 0 Å². The molecular weight excluding hydrogens is 208 g/mol. The zero-order valence-corrected chi connectivity index (χ0v) is 10.8. The lowest BCUT2D eigenvalue weighted by Crippen LogP contribution is -2.37. The SMILES string of the molecule is CC(C)N(C)CCN1CC(CS)CC1=O. The number of likely N-dealkylation sites (tertiary alicyclic amines) is 1. The monoisotopic (exact) mass is 230 g/mol. The van der Waals surface area contributed by atoms with E-state index in [0.717, 1.165) is 25.4 Å². The molecule has 0 aromatic rings. The number of likely N-dealkylation sites (N-methyl/N-ethyl adjacent to an activating group) is 1. The Hall–Kier alpha value is -0.220. The minimum Gasteiger partial charge on any atom is -0.341 e. The number of thiol groups is 1. The zero-order chi connectivity index (χ0) is 11.4. The van der Waals surface area contributed by atoms with Crippen molar-refractivity contribution in [1.82, 2.24) is 9.80 Å². The van der Waals surface area contributed by atoms with E-state index in [2.05, 4.69) is 38.4 Å². The van der Waals surface area contributed by atoms with Crippen molar-refractivity contribution in [2.24, 2.45) is 5.92 Å². The van der Waals surface area contributed by atoms with Gasteiger partial charge in [0.15, 0.2) is 0 Å². The molecule has 1 atom stereocenters. The predicted molar refractivity (Wildman–Crippen MR) is 66.3 cm³/mol. The van der Waals surface area contributed by atoms with Gasteiger partial charge in [0.1, 0.15) is 0 Å². The lowest BCUT2D eigenvalue weighted by atomic mass is 10.1. The van der Waals surface area contributed by atoms with Crippen molar-refractivity contribution >= 4 is 18.5 Å². The molecule has 0 saturated carbocycles. The van der Waals surface area contributed by atoms with Crippen molar-refractivity contribution in [2.45, 2.75) is 26.3 Å². The van der Waals surface area contributed by atoms with Crippen molar-refractivity contribution in [3.63, 3.8) is 0 Å². The summed E-state index contributed by atoms with van der Waals surface area (Å²) in [5.41, 5.74) is 0. The molecule has 1 rings (SSSR count). The number of carbonyl (C=O) groups excluding carboxylic acids is 1. The largest absolute Gasteiger partial charge is 0.341 e. The van der Waals surface area contributed by atoms with Gasteiger partial charge in [-0.1, -0.05) is 0 Å². The molecule has 1 fully saturated rings. The molecule has 0 spiro atoms.